The van der Waals surface area contributed by atoms with Gasteiger partial charge in [0.05, 0.1) is 6.17 Å². The highest BCUT2D eigenvalue weighted by Crippen LogP contribution is 2.12. The first-order valence-corrected chi connectivity index (χ1v) is 3.94. The van der Waals surface area contributed by atoms with Crippen molar-refractivity contribution in [3.8, 4) is 0 Å². The van der Waals surface area contributed by atoms with Gasteiger partial charge in [0.1, 0.15) is 0 Å². The van der Waals surface area contributed by atoms with E-state index in [0.717, 1.165) is 5.56 Å². The van der Waals surface area contributed by atoms with Crippen molar-refractivity contribution < 1.29 is 0 Å². The van der Waals surface area contributed by atoms with E-state index in [0.29, 0.717) is 0 Å². The van der Waals surface area contributed by atoms with Gasteiger partial charge in [0, 0.05) is 0 Å². The second kappa shape index (κ2) is 3.67. The summed E-state index contributed by atoms with van der Waals surface area (Å²) in [6.45, 7) is 4.13. The van der Waals surface area contributed by atoms with Crippen molar-refractivity contribution in [1.29, 1.82) is 0 Å². The van der Waals surface area contributed by atoms with Gasteiger partial charge in [-0.25, -0.2) is 5.43 Å². The first-order valence-electron chi connectivity index (χ1n) is 3.94. The minimum absolute atomic E-state index is 0.274. The van der Waals surface area contributed by atoms with E-state index in [1.807, 2.05) is 18.2 Å². The van der Waals surface area contributed by atoms with Gasteiger partial charge in [0.25, 0.3) is 0 Å². The zero-order chi connectivity index (χ0) is 9.14. The lowest BCUT2D eigenvalue weighted by molar-refractivity contribution is 0.576. The van der Waals surface area contributed by atoms with Gasteiger partial charge >= 0.3 is 0 Å². The number of benzene rings is 1. The van der Waals surface area contributed by atoms with E-state index in [9.17, 15) is 0 Å². The summed E-state index contributed by atoms with van der Waals surface area (Å²) >= 11 is 0. The molecule has 1 unspecified atom stereocenters. The standard InChI is InChI=1S/C9H15N3/c1-6-3-4-8(5-7(6)2)9(10)12-11/h3-5,9,12H,10-11H2,1-2H3. The van der Waals surface area contributed by atoms with E-state index in [1.165, 1.54) is 11.1 Å². The number of hydrogen-bond acceptors (Lipinski definition) is 3. The van der Waals surface area contributed by atoms with Gasteiger partial charge in [0.15, 0.2) is 0 Å². The van der Waals surface area contributed by atoms with Gasteiger partial charge < -0.3 is 5.73 Å². The van der Waals surface area contributed by atoms with Crippen LogP contribution in [0.2, 0.25) is 0 Å². The predicted octanol–water partition coefficient (Wildman–Crippen LogP) is 0.724. The van der Waals surface area contributed by atoms with Crippen LogP contribution in [-0.4, -0.2) is 0 Å². The summed E-state index contributed by atoms with van der Waals surface area (Å²) in [4.78, 5) is 0. The van der Waals surface area contributed by atoms with Crippen molar-refractivity contribution in [2.75, 3.05) is 0 Å². The van der Waals surface area contributed by atoms with Crippen LogP contribution >= 0.6 is 0 Å². The Morgan fingerprint density at radius 1 is 1.25 bits per heavy atom. The zero-order valence-electron chi connectivity index (χ0n) is 7.46. The Balaban J connectivity index is 2.96. The van der Waals surface area contributed by atoms with Crippen molar-refractivity contribution in [1.82, 2.24) is 5.43 Å². The summed E-state index contributed by atoms with van der Waals surface area (Å²) in [6, 6.07) is 6.06. The fraction of sp³-hybridized carbons (Fsp3) is 0.333. The molecule has 0 fully saturated rings. The molecule has 0 aliphatic carbocycles. The molecule has 1 rings (SSSR count). The molecule has 0 aliphatic rings. The van der Waals surface area contributed by atoms with Crippen molar-refractivity contribution in [2.24, 2.45) is 11.6 Å². The summed E-state index contributed by atoms with van der Waals surface area (Å²) < 4.78 is 0. The van der Waals surface area contributed by atoms with Crippen LogP contribution in [-0.2, 0) is 0 Å². The molecule has 0 aliphatic heterocycles. The molecule has 0 spiro atoms. The Labute approximate surface area is 72.7 Å². The quantitative estimate of drug-likeness (QED) is 0.344. The monoisotopic (exact) mass is 165 g/mol. The van der Waals surface area contributed by atoms with E-state index in [2.05, 4.69) is 19.3 Å². The van der Waals surface area contributed by atoms with E-state index < -0.39 is 0 Å². The van der Waals surface area contributed by atoms with Gasteiger partial charge in [-0.3, -0.25) is 5.84 Å². The molecule has 3 nitrogen and oxygen atoms in total. The minimum Gasteiger partial charge on any atom is -0.311 e. The van der Waals surface area contributed by atoms with Crippen LogP contribution in [0.3, 0.4) is 0 Å². The highest BCUT2D eigenvalue weighted by Gasteiger charge is 2.02. The third kappa shape index (κ3) is 1.82. The van der Waals surface area contributed by atoms with Gasteiger partial charge in [-0.05, 0) is 30.5 Å². The molecule has 1 atom stereocenters. The third-order valence-corrected chi connectivity index (χ3v) is 2.07. The minimum atomic E-state index is -0.274. The average Bonchev–Trinajstić information content (AvgIpc) is 2.08. The van der Waals surface area contributed by atoms with E-state index >= 15 is 0 Å². The molecule has 66 valence electrons. The number of rotatable bonds is 2. The van der Waals surface area contributed by atoms with E-state index in [4.69, 9.17) is 11.6 Å². The maximum Gasteiger partial charge on any atom is 0.0936 e. The fourth-order valence-corrected chi connectivity index (χ4v) is 1.05. The van der Waals surface area contributed by atoms with Crippen LogP contribution in [0.15, 0.2) is 18.2 Å². The second-order valence-electron chi connectivity index (χ2n) is 2.99. The largest absolute Gasteiger partial charge is 0.311 e. The molecular formula is C9H15N3. The molecule has 3 heteroatoms. The molecule has 0 saturated heterocycles. The first kappa shape index (κ1) is 9.19. The molecule has 0 bridgehead atoms. The molecule has 1 aromatic rings. The lowest BCUT2D eigenvalue weighted by Gasteiger charge is -2.11. The normalized spacial score (nSPS) is 13.0. The first-order chi connectivity index (χ1) is 5.65. The molecule has 0 radical (unpaired) electrons. The lowest BCUT2D eigenvalue weighted by Crippen LogP contribution is -2.34. The van der Waals surface area contributed by atoms with Gasteiger partial charge in [-0.15, -0.1) is 0 Å². The van der Waals surface area contributed by atoms with E-state index in [1.54, 1.807) is 0 Å². The van der Waals surface area contributed by atoms with Gasteiger partial charge in [0.2, 0.25) is 0 Å². The topological polar surface area (TPSA) is 64.1 Å². The molecule has 1 aromatic carbocycles. The number of nitrogens with one attached hydrogen (secondary N) is 1. The SMILES string of the molecule is Cc1ccc(C(N)NN)cc1C. The fourth-order valence-electron chi connectivity index (χ4n) is 1.05. The van der Waals surface area contributed by atoms with Crippen LogP contribution in [0.25, 0.3) is 0 Å². The molecule has 0 heterocycles. The maximum absolute atomic E-state index is 5.68. The van der Waals surface area contributed by atoms with Crippen LogP contribution in [0.4, 0.5) is 0 Å². The molecule has 5 N–H and O–H groups in total. The smallest absolute Gasteiger partial charge is 0.0936 e. The van der Waals surface area contributed by atoms with Crippen LogP contribution in [0.5, 0.6) is 0 Å². The number of nitrogens with two attached hydrogens (primary N) is 2. The highest BCUT2D eigenvalue weighted by atomic mass is 15.3. The van der Waals surface area contributed by atoms with Gasteiger partial charge in [-0.1, -0.05) is 18.2 Å². The highest BCUT2D eigenvalue weighted by molar-refractivity contribution is 5.31. The summed E-state index contributed by atoms with van der Waals surface area (Å²) in [5, 5.41) is 0. The van der Waals surface area contributed by atoms with Crippen molar-refractivity contribution >= 4 is 0 Å². The Bertz CT molecular complexity index is 270. The number of hydrogen-bond donors (Lipinski definition) is 3. The zero-order valence-corrected chi connectivity index (χ0v) is 7.46. The lowest BCUT2D eigenvalue weighted by atomic mass is 10.1. The summed E-state index contributed by atoms with van der Waals surface area (Å²) in [5.41, 5.74) is 11.7. The van der Waals surface area contributed by atoms with Crippen LogP contribution in [0.1, 0.15) is 22.9 Å². The average molecular weight is 165 g/mol. The third-order valence-electron chi connectivity index (χ3n) is 2.07. The molecule has 0 amide bonds. The molecular weight excluding hydrogens is 150 g/mol. The molecule has 0 aromatic heterocycles. The van der Waals surface area contributed by atoms with Gasteiger partial charge in [-0.2, -0.15) is 0 Å². The Hall–Kier alpha value is -0.900. The Morgan fingerprint density at radius 2 is 1.92 bits per heavy atom. The van der Waals surface area contributed by atoms with Crippen LogP contribution < -0.4 is 17.0 Å². The van der Waals surface area contributed by atoms with E-state index in [-0.39, 0.29) is 6.17 Å². The molecule has 12 heavy (non-hydrogen) atoms. The van der Waals surface area contributed by atoms with Crippen LogP contribution in [0, 0.1) is 13.8 Å². The number of aryl methyl sites for hydroxylation is 2. The molecule has 0 saturated carbocycles. The Kier molecular flexibility index (Phi) is 2.81. The second-order valence-corrected chi connectivity index (χ2v) is 2.99. The summed E-state index contributed by atoms with van der Waals surface area (Å²) in [7, 11) is 0. The number of hydrazine groups is 1. The Morgan fingerprint density at radius 3 is 2.42 bits per heavy atom. The van der Waals surface area contributed by atoms with Crippen molar-refractivity contribution in [3.05, 3.63) is 34.9 Å². The summed E-state index contributed by atoms with van der Waals surface area (Å²) in [5.74, 6) is 5.22. The maximum atomic E-state index is 5.68. The van der Waals surface area contributed by atoms with Crippen molar-refractivity contribution in [3.63, 3.8) is 0 Å². The van der Waals surface area contributed by atoms with Crippen molar-refractivity contribution in [2.45, 2.75) is 20.0 Å². The predicted molar refractivity (Wildman–Crippen MR) is 50.2 cm³/mol. The summed E-state index contributed by atoms with van der Waals surface area (Å²) in [6.07, 6.45) is -0.274.